The molecular weight excluding hydrogens is 238 g/mol. The lowest BCUT2D eigenvalue weighted by molar-refractivity contribution is -0.384. The van der Waals surface area contributed by atoms with Crippen molar-refractivity contribution in [2.75, 3.05) is 6.61 Å². The second kappa shape index (κ2) is 6.00. The summed E-state index contributed by atoms with van der Waals surface area (Å²) in [6, 6.07) is 3.48. The Bertz CT molecular complexity index is 456. The molecule has 0 fully saturated rings. The fourth-order valence-corrected chi connectivity index (χ4v) is 1.33. The standard InChI is InChI=1S/C12H15NO5/c1-8(2)5-6-18-11-7-9(13(16)17)3-4-10(11)12(14)15/h3-4,7-8H,5-6H2,1-2H3,(H,14,15). The van der Waals surface area contributed by atoms with E-state index in [1.165, 1.54) is 6.07 Å². The number of hydrogen-bond acceptors (Lipinski definition) is 4. The van der Waals surface area contributed by atoms with Gasteiger partial charge in [0, 0.05) is 6.07 Å². The molecule has 0 aliphatic rings. The zero-order valence-electron chi connectivity index (χ0n) is 10.3. The molecule has 0 atom stereocenters. The van der Waals surface area contributed by atoms with E-state index in [2.05, 4.69) is 0 Å². The molecule has 0 aliphatic heterocycles. The molecule has 0 spiro atoms. The molecule has 0 saturated heterocycles. The van der Waals surface area contributed by atoms with E-state index in [0.29, 0.717) is 12.5 Å². The Kier molecular flexibility index (Phi) is 4.65. The lowest BCUT2D eigenvalue weighted by atomic mass is 10.1. The van der Waals surface area contributed by atoms with Gasteiger partial charge < -0.3 is 9.84 Å². The number of carboxylic acids is 1. The number of ether oxygens (including phenoxy) is 1. The van der Waals surface area contributed by atoms with E-state index in [4.69, 9.17) is 9.84 Å². The Labute approximate surface area is 104 Å². The van der Waals surface area contributed by atoms with Crippen LogP contribution in [0.1, 0.15) is 30.6 Å². The number of aromatic carboxylic acids is 1. The third-order valence-electron chi connectivity index (χ3n) is 2.36. The van der Waals surface area contributed by atoms with Crippen LogP contribution in [0, 0.1) is 16.0 Å². The SMILES string of the molecule is CC(C)CCOc1cc([N+](=O)[O-])ccc1C(=O)O. The number of rotatable bonds is 6. The van der Waals surface area contributed by atoms with Gasteiger partial charge in [-0.25, -0.2) is 4.79 Å². The van der Waals surface area contributed by atoms with E-state index in [-0.39, 0.29) is 17.0 Å². The van der Waals surface area contributed by atoms with Gasteiger partial charge in [-0.05, 0) is 18.4 Å². The number of nitro groups is 1. The van der Waals surface area contributed by atoms with Crippen LogP contribution in [0.5, 0.6) is 5.75 Å². The predicted molar refractivity (Wildman–Crippen MR) is 65.0 cm³/mol. The highest BCUT2D eigenvalue weighted by atomic mass is 16.6. The maximum absolute atomic E-state index is 11.0. The number of hydrogen-bond donors (Lipinski definition) is 1. The number of nitro benzene ring substituents is 1. The summed E-state index contributed by atoms with van der Waals surface area (Å²) in [5.41, 5.74) is -0.246. The smallest absolute Gasteiger partial charge is 0.339 e. The van der Waals surface area contributed by atoms with Gasteiger partial charge in [0.25, 0.3) is 5.69 Å². The van der Waals surface area contributed by atoms with Crippen molar-refractivity contribution >= 4 is 11.7 Å². The third-order valence-corrected chi connectivity index (χ3v) is 2.36. The summed E-state index contributed by atoms with van der Waals surface area (Å²) >= 11 is 0. The van der Waals surface area contributed by atoms with Gasteiger partial charge in [-0.15, -0.1) is 0 Å². The molecule has 6 nitrogen and oxygen atoms in total. The lowest BCUT2D eigenvalue weighted by Gasteiger charge is -2.10. The Morgan fingerprint density at radius 1 is 1.50 bits per heavy atom. The van der Waals surface area contributed by atoms with Crippen LogP contribution in [-0.2, 0) is 0 Å². The second-order valence-corrected chi connectivity index (χ2v) is 4.27. The van der Waals surface area contributed by atoms with E-state index in [0.717, 1.165) is 18.6 Å². The molecular formula is C12H15NO5. The molecule has 0 aliphatic carbocycles. The number of nitrogens with zero attached hydrogens (tertiary/aromatic N) is 1. The fraction of sp³-hybridized carbons (Fsp3) is 0.417. The molecule has 0 radical (unpaired) electrons. The summed E-state index contributed by atoms with van der Waals surface area (Å²) in [7, 11) is 0. The van der Waals surface area contributed by atoms with Crippen LogP contribution in [0.3, 0.4) is 0 Å². The maximum Gasteiger partial charge on any atom is 0.339 e. The molecule has 0 bridgehead atoms. The van der Waals surface area contributed by atoms with Crippen molar-refractivity contribution < 1.29 is 19.6 Å². The van der Waals surface area contributed by atoms with Crippen LogP contribution in [0.2, 0.25) is 0 Å². The molecule has 1 N–H and O–H groups in total. The Morgan fingerprint density at radius 2 is 2.17 bits per heavy atom. The van der Waals surface area contributed by atoms with Gasteiger partial charge >= 0.3 is 5.97 Å². The van der Waals surface area contributed by atoms with E-state index in [1.54, 1.807) is 0 Å². The van der Waals surface area contributed by atoms with Gasteiger partial charge in [0.05, 0.1) is 17.6 Å². The Balaban J connectivity index is 2.93. The summed E-state index contributed by atoms with van der Waals surface area (Å²) in [6.45, 7) is 4.35. The summed E-state index contributed by atoms with van der Waals surface area (Å²) in [5, 5.41) is 19.6. The first-order valence-electron chi connectivity index (χ1n) is 5.56. The topological polar surface area (TPSA) is 89.7 Å². The molecule has 0 saturated carbocycles. The minimum absolute atomic E-state index is 0.0392. The van der Waals surface area contributed by atoms with Crippen LogP contribution in [0.15, 0.2) is 18.2 Å². The average Bonchev–Trinajstić information content (AvgIpc) is 2.27. The van der Waals surface area contributed by atoms with Crippen molar-refractivity contribution in [3.8, 4) is 5.75 Å². The molecule has 18 heavy (non-hydrogen) atoms. The van der Waals surface area contributed by atoms with Crippen LogP contribution in [-0.4, -0.2) is 22.6 Å². The highest BCUT2D eigenvalue weighted by Crippen LogP contribution is 2.25. The Morgan fingerprint density at radius 3 is 2.67 bits per heavy atom. The van der Waals surface area contributed by atoms with Crippen molar-refractivity contribution in [1.29, 1.82) is 0 Å². The molecule has 6 heteroatoms. The summed E-state index contributed by atoms with van der Waals surface area (Å²) < 4.78 is 5.31. The molecule has 1 aromatic rings. The predicted octanol–water partition coefficient (Wildman–Crippen LogP) is 2.72. The molecule has 98 valence electrons. The first kappa shape index (κ1) is 14.0. The zero-order valence-corrected chi connectivity index (χ0v) is 10.3. The molecule has 0 heterocycles. The first-order valence-corrected chi connectivity index (χ1v) is 5.56. The van der Waals surface area contributed by atoms with Gasteiger partial charge in [0.15, 0.2) is 0 Å². The van der Waals surface area contributed by atoms with Crippen LogP contribution in [0.4, 0.5) is 5.69 Å². The molecule has 0 amide bonds. The van der Waals surface area contributed by atoms with E-state index in [1.807, 2.05) is 13.8 Å². The summed E-state index contributed by atoms with van der Waals surface area (Å²) in [5.74, 6) is -0.709. The normalized spacial score (nSPS) is 10.4. The third kappa shape index (κ3) is 3.73. The van der Waals surface area contributed by atoms with E-state index < -0.39 is 10.9 Å². The minimum atomic E-state index is -1.16. The quantitative estimate of drug-likeness (QED) is 0.621. The van der Waals surface area contributed by atoms with Gasteiger partial charge in [-0.3, -0.25) is 10.1 Å². The molecule has 0 unspecified atom stereocenters. The van der Waals surface area contributed by atoms with E-state index >= 15 is 0 Å². The first-order chi connectivity index (χ1) is 8.41. The second-order valence-electron chi connectivity index (χ2n) is 4.27. The number of carboxylic acid groups (broad SMARTS) is 1. The zero-order chi connectivity index (χ0) is 13.7. The lowest BCUT2D eigenvalue weighted by Crippen LogP contribution is -2.07. The molecule has 1 rings (SSSR count). The maximum atomic E-state index is 11.0. The number of benzene rings is 1. The van der Waals surface area contributed by atoms with Crippen LogP contribution < -0.4 is 4.74 Å². The van der Waals surface area contributed by atoms with Crippen molar-refractivity contribution in [2.45, 2.75) is 20.3 Å². The molecule has 0 aromatic heterocycles. The Hall–Kier alpha value is -2.11. The van der Waals surface area contributed by atoms with Gasteiger partial charge in [-0.1, -0.05) is 13.8 Å². The van der Waals surface area contributed by atoms with Crippen molar-refractivity contribution in [1.82, 2.24) is 0 Å². The number of carbonyl (C=O) groups is 1. The minimum Gasteiger partial charge on any atom is -0.492 e. The summed E-state index contributed by atoms with van der Waals surface area (Å²) in [6.07, 6.45) is 0.752. The fourth-order valence-electron chi connectivity index (χ4n) is 1.33. The van der Waals surface area contributed by atoms with Crippen molar-refractivity contribution in [3.63, 3.8) is 0 Å². The average molecular weight is 253 g/mol. The highest BCUT2D eigenvalue weighted by molar-refractivity contribution is 5.91. The van der Waals surface area contributed by atoms with Crippen LogP contribution in [0.25, 0.3) is 0 Å². The number of non-ortho nitro benzene ring substituents is 1. The van der Waals surface area contributed by atoms with E-state index in [9.17, 15) is 14.9 Å². The highest BCUT2D eigenvalue weighted by Gasteiger charge is 2.16. The van der Waals surface area contributed by atoms with Gasteiger partial charge in [-0.2, -0.15) is 0 Å². The van der Waals surface area contributed by atoms with Crippen molar-refractivity contribution in [3.05, 3.63) is 33.9 Å². The molecule has 1 aromatic carbocycles. The van der Waals surface area contributed by atoms with Crippen LogP contribution >= 0.6 is 0 Å². The van der Waals surface area contributed by atoms with Gasteiger partial charge in [0.2, 0.25) is 0 Å². The van der Waals surface area contributed by atoms with Crippen molar-refractivity contribution in [2.24, 2.45) is 5.92 Å². The monoisotopic (exact) mass is 253 g/mol. The largest absolute Gasteiger partial charge is 0.492 e. The van der Waals surface area contributed by atoms with Gasteiger partial charge in [0.1, 0.15) is 11.3 Å². The summed E-state index contributed by atoms with van der Waals surface area (Å²) in [4.78, 5) is 21.0.